The molecule has 27 heavy (non-hydrogen) atoms. The molecule has 3 heteroatoms. The fourth-order valence-corrected chi connectivity index (χ4v) is 6.74. The van der Waals surface area contributed by atoms with Gasteiger partial charge in [-0.3, -0.25) is 0 Å². The summed E-state index contributed by atoms with van der Waals surface area (Å²) in [4.78, 5) is 0. The second-order valence-electron chi connectivity index (χ2n) is 9.40. The minimum absolute atomic E-state index is 0.0689. The molecule has 2 aliphatic carbocycles. The zero-order chi connectivity index (χ0) is 19.6. The highest BCUT2D eigenvalue weighted by Crippen LogP contribution is 2.57. The van der Waals surface area contributed by atoms with Crippen molar-refractivity contribution in [2.45, 2.75) is 45.8 Å². The maximum absolute atomic E-state index is 3.71. The first-order chi connectivity index (χ1) is 12.6. The lowest BCUT2D eigenvalue weighted by molar-refractivity contribution is 0.388. The monoisotopic (exact) mass is 500 g/mol. The van der Waals surface area contributed by atoms with Gasteiger partial charge in [0.25, 0.3) is 0 Å². The van der Waals surface area contributed by atoms with E-state index in [2.05, 4.69) is 114 Å². The van der Waals surface area contributed by atoms with Gasteiger partial charge in [0.1, 0.15) is 0 Å². The van der Waals surface area contributed by atoms with Gasteiger partial charge in [0, 0.05) is 14.9 Å². The Kier molecular flexibility index (Phi) is 4.72. The molecule has 0 nitrogen and oxygen atoms in total. The fourth-order valence-electron chi connectivity index (χ4n) is 4.66. The molecule has 0 amide bonds. The molecular weight excluding hydrogens is 476 g/mol. The van der Waals surface area contributed by atoms with E-state index in [-0.39, 0.29) is 5.41 Å². The first-order valence-electron chi connectivity index (χ1n) is 9.60. The number of rotatable bonds is 3. The zero-order valence-electron chi connectivity index (χ0n) is 16.7. The number of fused-ring (bicyclic) bond motifs is 3. The molecule has 0 saturated carbocycles. The third-order valence-corrected chi connectivity index (χ3v) is 9.29. The maximum atomic E-state index is 3.71. The lowest BCUT2D eigenvalue weighted by atomic mass is 9.68. The van der Waals surface area contributed by atoms with Crippen LogP contribution >= 0.6 is 31.9 Å². The molecule has 2 aliphatic rings. The number of allylic oxidation sites excluding steroid dienone is 4. The fraction of sp³-hybridized carbons (Fsp3) is 0.333. The minimum Gasteiger partial charge on any atom is -0.0812 e. The van der Waals surface area contributed by atoms with E-state index in [9.17, 15) is 0 Å². The van der Waals surface area contributed by atoms with Gasteiger partial charge in [0.05, 0.1) is 8.07 Å². The van der Waals surface area contributed by atoms with Crippen LogP contribution in [-0.2, 0) is 0 Å². The van der Waals surface area contributed by atoms with Crippen molar-refractivity contribution >= 4 is 39.9 Å². The predicted octanol–water partition coefficient (Wildman–Crippen LogP) is 8.48. The Hall–Kier alpha value is -0.903. The Labute approximate surface area is 181 Å². The number of hydrogen-bond donors (Lipinski definition) is 0. The summed E-state index contributed by atoms with van der Waals surface area (Å²) >= 11 is 7.42. The molecule has 140 valence electrons. The molecule has 0 atom stereocenters. The van der Waals surface area contributed by atoms with Crippen LogP contribution in [0.5, 0.6) is 0 Å². The summed E-state index contributed by atoms with van der Waals surface area (Å²) in [6, 6.07) is 13.5. The van der Waals surface area contributed by atoms with Gasteiger partial charge in [0.2, 0.25) is 0 Å². The summed E-state index contributed by atoms with van der Waals surface area (Å²) in [6.45, 7) is 12.2. The van der Waals surface area contributed by atoms with E-state index >= 15 is 0 Å². The Balaban J connectivity index is 1.86. The number of benzene rings is 2. The summed E-state index contributed by atoms with van der Waals surface area (Å²) in [5.74, 6) is 0.373. The third-order valence-electron chi connectivity index (χ3n) is 6.23. The van der Waals surface area contributed by atoms with Crippen LogP contribution in [0.4, 0.5) is 0 Å². The Bertz CT molecular complexity index is 938. The summed E-state index contributed by atoms with van der Waals surface area (Å²) in [5.41, 5.74) is 7.31. The summed E-state index contributed by atoms with van der Waals surface area (Å²) in [7, 11) is -1.28. The molecule has 2 aromatic carbocycles. The smallest absolute Gasteiger partial charge is 0.0771 e. The molecular formula is C24H26Br2Si. The molecule has 0 aliphatic heterocycles. The van der Waals surface area contributed by atoms with Crippen LogP contribution in [0.15, 0.2) is 68.3 Å². The van der Waals surface area contributed by atoms with Crippen molar-refractivity contribution in [1.82, 2.24) is 0 Å². The number of hydrogen-bond acceptors (Lipinski definition) is 0. The average Bonchev–Trinajstić information content (AvgIpc) is 3.17. The van der Waals surface area contributed by atoms with E-state index in [1.165, 1.54) is 22.3 Å². The first-order valence-corrected chi connectivity index (χ1v) is 14.7. The quantitative estimate of drug-likeness (QED) is 0.370. The topological polar surface area (TPSA) is 0 Å². The third kappa shape index (κ3) is 3.26. The van der Waals surface area contributed by atoms with E-state index in [0.29, 0.717) is 5.92 Å². The van der Waals surface area contributed by atoms with Crippen LogP contribution in [-0.4, -0.2) is 8.07 Å². The highest BCUT2D eigenvalue weighted by Gasteiger charge is 2.42. The Morgan fingerprint density at radius 1 is 0.889 bits per heavy atom. The van der Waals surface area contributed by atoms with Gasteiger partial charge in [-0.1, -0.05) is 100 Å². The maximum Gasteiger partial charge on any atom is 0.0771 e. The first kappa shape index (κ1) is 19.4. The Morgan fingerprint density at radius 3 is 1.85 bits per heavy atom. The second-order valence-corrected chi connectivity index (χ2v) is 16.3. The molecule has 0 heterocycles. The molecule has 0 spiro atoms. The van der Waals surface area contributed by atoms with E-state index in [0.717, 1.165) is 15.4 Å². The van der Waals surface area contributed by atoms with Crippen LogP contribution in [0.1, 0.15) is 37.3 Å². The van der Waals surface area contributed by atoms with Crippen LogP contribution in [0, 0.1) is 5.41 Å². The lowest BCUT2D eigenvalue weighted by Crippen LogP contribution is -2.25. The van der Waals surface area contributed by atoms with Crippen molar-refractivity contribution in [2.24, 2.45) is 5.41 Å². The molecule has 2 aromatic rings. The Morgan fingerprint density at radius 2 is 1.41 bits per heavy atom. The van der Waals surface area contributed by atoms with Crippen LogP contribution in [0.2, 0.25) is 19.6 Å². The van der Waals surface area contributed by atoms with Crippen molar-refractivity contribution in [1.29, 1.82) is 0 Å². The summed E-state index contributed by atoms with van der Waals surface area (Å²) in [6.07, 6.45) is 6.11. The molecule has 0 saturated heterocycles. The molecule has 0 fully saturated rings. The molecule has 4 rings (SSSR count). The van der Waals surface area contributed by atoms with Crippen molar-refractivity contribution in [3.8, 4) is 11.1 Å². The van der Waals surface area contributed by atoms with Crippen molar-refractivity contribution in [3.05, 3.63) is 79.4 Å². The van der Waals surface area contributed by atoms with E-state index in [1.807, 2.05) is 0 Å². The van der Waals surface area contributed by atoms with Crippen molar-refractivity contribution in [2.75, 3.05) is 0 Å². The minimum atomic E-state index is -1.28. The molecule has 0 bridgehead atoms. The summed E-state index contributed by atoms with van der Waals surface area (Å²) < 4.78 is 2.32. The lowest BCUT2D eigenvalue weighted by Gasteiger charge is -2.35. The van der Waals surface area contributed by atoms with E-state index in [1.54, 1.807) is 10.8 Å². The molecule has 0 radical (unpaired) electrons. The highest BCUT2D eigenvalue weighted by molar-refractivity contribution is 9.10. The standard InChI is InChI=1S/C24H26Br2Si/c1-24(2,15-6-9-18(12-15)27(3,4)5)23-21-13-16(25)7-10-19(21)20-11-8-17(26)14-22(20)23/h7-14,23H,6H2,1-5H3. The molecule has 0 unspecified atom stereocenters. The van der Waals surface area contributed by atoms with Gasteiger partial charge in [-0.25, -0.2) is 0 Å². The van der Waals surface area contributed by atoms with Crippen LogP contribution < -0.4 is 0 Å². The van der Waals surface area contributed by atoms with Crippen LogP contribution in [0.3, 0.4) is 0 Å². The normalized spacial score (nSPS) is 16.9. The average molecular weight is 502 g/mol. The molecule has 0 aromatic heterocycles. The zero-order valence-corrected chi connectivity index (χ0v) is 20.8. The summed E-state index contributed by atoms with van der Waals surface area (Å²) in [5, 5.41) is 1.60. The van der Waals surface area contributed by atoms with Crippen LogP contribution in [0.25, 0.3) is 11.1 Å². The SMILES string of the molecule is CC(C)(C1=CC([Si](C)(C)C)=CC1)C1c2cc(Br)ccc2-c2ccc(Br)cc21. The van der Waals surface area contributed by atoms with Gasteiger partial charge >= 0.3 is 0 Å². The van der Waals surface area contributed by atoms with E-state index < -0.39 is 8.07 Å². The van der Waals surface area contributed by atoms with E-state index in [4.69, 9.17) is 0 Å². The van der Waals surface area contributed by atoms with Gasteiger partial charge < -0.3 is 0 Å². The van der Waals surface area contributed by atoms with Gasteiger partial charge in [0.15, 0.2) is 0 Å². The second kappa shape index (κ2) is 6.57. The van der Waals surface area contributed by atoms with Crippen molar-refractivity contribution in [3.63, 3.8) is 0 Å². The van der Waals surface area contributed by atoms with Gasteiger partial charge in [-0.2, -0.15) is 0 Å². The number of halogens is 2. The molecule has 0 N–H and O–H groups in total. The largest absolute Gasteiger partial charge is 0.0812 e. The van der Waals surface area contributed by atoms with Gasteiger partial charge in [-0.15, -0.1) is 0 Å². The van der Waals surface area contributed by atoms with Gasteiger partial charge in [-0.05, 0) is 58.4 Å². The predicted molar refractivity (Wildman–Crippen MR) is 127 cm³/mol. The highest BCUT2D eigenvalue weighted by atomic mass is 79.9. The van der Waals surface area contributed by atoms with Crippen molar-refractivity contribution < 1.29 is 0 Å².